The highest BCUT2D eigenvalue weighted by Gasteiger charge is 2.23. The molecule has 4 nitrogen and oxygen atoms in total. The summed E-state index contributed by atoms with van der Waals surface area (Å²) in [5.41, 5.74) is 8.54. The Balaban J connectivity index is 3.13. The van der Waals surface area contributed by atoms with Gasteiger partial charge in [0.1, 0.15) is 5.75 Å². The number of rotatable bonds is 6. The zero-order valence-electron chi connectivity index (χ0n) is 11.7. The molecule has 1 aromatic rings. The summed E-state index contributed by atoms with van der Waals surface area (Å²) in [6.07, 6.45) is 0.0977. The van der Waals surface area contributed by atoms with E-state index in [1.807, 2.05) is 33.0 Å². The van der Waals surface area contributed by atoms with Crippen molar-refractivity contribution >= 4 is 0 Å². The standard InChI is InChI=1S/C14H24N2O2/c1-9-7-10(2)14(18-4)11(8-9)13(17)12(16-3)5-6-15/h7-8,12-13,16-17H,5-6,15H2,1-4H3. The largest absolute Gasteiger partial charge is 0.496 e. The number of hydrogen-bond acceptors (Lipinski definition) is 4. The molecule has 0 fully saturated rings. The number of benzene rings is 1. The van der Waals surface area contributed by atoms with E-state index in [-0.39, 0.29) is 6.04 Å². The lowest BCUT2D eigenvalue weighted by molar-refractivity contribution is 0.125. The average molecular weight is 252 g/mol. The Hall–Kier alpha value is -1.10. The smallest absolute Gasteiger partial charge is 0.127 e. The number of hydrogen-bond donors (Lipinski definition) is 3. The summed E-state index contributed by atoms with van der Waals surface area (Å²) in [4.78, 5) is 0. The minimum absolute atomic E-state index is 0.0647. The first-order chi connectivity index (χ1) is 8.54. The van der Waals surface area contributed by atoms with Crippen molar-refractivity contribution in [3.05, 3.63) is 28.8 Å². The fraction of sp³-hybridized carbons (Fsp3) is 0.571. The topological polar surface area (TPSA) is 67.5 Å². The van der Waals surface area contributed by atoms with Crippen LogP contribution in [0.25, 0.3) is 0 Å². The number of methoxy groups -OCH3 is 1. The van der Waals surface area contributed by atoms with Gasteiger partial charge in [0.15, 0.2) is 0 Å². The third kappa shape index (κ3) is 3.22. The van der Waals surface area contributed by atoms with Gasteiger partial charge in [-0.1, -0.05) is 11.6 Å². The molecule has 0 saturated carbocycles. The van der Waals surface area contributed by atoms with Crippen molar-refractivity contribution in [1.29, 1.82) is 0 Å². The summed E-state index contributed by atoms with van der Waals surface area (Å²) in [6.45, 7) is 4.54. The van der Waals surface area contributed by atoms with Gasteiger partial charge in [0.25, 0.3) is 0 Å². The number of nitrogens with one attached hydrogen (secondary N) is 1. The fourth-order valence-corrected chi connectivity index (χ4v) is 2.34. The molecule has 0 bridgehead atoms. The molecule has 0 spiro atoms. The average Bonchev–Trinajstić information content (AvgIpc) is 2.34. The summed E-state index contributed by atoms with van der Waals surface area (Å²) in [5.74, 6) is 0.755. The SMILES string of the molecule is CNC(CCN)C(O)c1cc(C)cc(C)c1OC. The van der Waals surface area contributed by atoms with Gasteiger partial charge in [-0.2, -0.15) is 0 Å². The van der Waals surface area contributed by atoms with Crippen LogP contribution in [0.15, 0.2) is 12.1 Å². The molecule has 1 rings (SSSR count). The minimum Gasteiger partial charge on any atom is -0.496 e. The summed E-state index contributed by atoms with van der Waals surface area (Å²) >= 11 is 0. The number of likely N-dealkylation sites (N-methyl/N-ethyl adjacent to an activating group) is 1. The predicted octanol–water partition coefficient (Wildman–Crippen LogP) is 1.28. The molecule has 1 aromatic carbocycles. The third-order valence-corrected chi connectivity index (χ3v) is 3.20. The zero-order chi connectivity index (χ0) is 13.7. The molecule has 4 N–H and O–H groups in total. The molecule has 2 atom stereocenters. The first-order valence-electron chi connectivity index (χ1n) is 6.25. The van der Waals surface area contributed by atoms with Gasteiger partial charge in [-0.3, -0.25) is 0 Å². The van der Waals surface area contributed by atoms with E-state index in [0.717, 1.165) is 22.4 Å². The van der Waals surface area contributed by atoms with E-state index < -0.39 is 6.10 Å². The monoisotopic (exact) mass is 252 g/mol. The molecular weight excluding hydrogens is 228 g/mol. The molecule has 0 aliphatic heterocycles. The second kappa shape index (κ2) is 6.73. The van der Waals surface area contributed by atoms with Crippen molar-refractivity contribution in [2.45, 2.75) is 32.4 Å². The molecule has 0 aliphatic carbocycles. The molecule has 102 valence electrons. The molecule has 0 aliphatic rings. The molecular formula is C14H24N2O2. The number of ether oxygens (including phenoxy) is 1. The fourth-order valence-electron chi connectivity index (χ4n) is 2.34. The molecule has 0 heterocycles. The Morgan fingerprint density at radius 3 is 2.56 bits per heavy atom. The van der Waals surface area contributed by atoms with E-state index in [1.165, 1.54) is 0 Å². The van der Waals surface area contributed by atoms with E-state index in [9.17, 15) is 5.11 Å². The summed E-state index contributed by atoms with van der Waals surface area (Å²) < 4.78 is 5.41. The number of aliphatic hydroxyl groups is 1. The Kier molecular flexibility index (Phi) is 5.59. The minimum atomic E-state index is -0.618. The van der Waals surface area contributed by atoms with Crippen molar-refractivity contribution < 1.29 is 9.84 Å². The van der Waals surface area contributed by atoms with E-state index >= 15 is 0 Å². The Morgan fingerprint density at radius 2 is 2.06 bits per heavy atom. The lowest BCUT2D eigenvalue weighted by Gasteiger charge is -2.25. The maximum atomic E-state index is 10.5. The quantitative estimate of drug-likeness (QED) is 0.713. The second-order valence-corrected chi connectivity index (χ2v) is 4.62. The molecule has 18 heavy (non-hydrogen) atoms. The third-order valence-electron chi connectivity index (χ3n) is 3.20. The molecule has 0 radical (unpaired) electrons. The van der Waals surface area contributed by atoms with Crippen molar-refractivity contribution in [3.8, 4) is 5.75 Å². The summed E-state index contributed by atoms with van der Waals surface area (Å²) in [6, 6.07) is 3.95. The van der Waals surface area contributed by atoms with Crippen LogP contribution in [-0.2, 0) is 0 Å². The van der Waals surface area contributed by atoms with Gasteiger partial charge in [-0.15, -0.1) is 0 Å². The van der Waals surface area contributed by atoms with Gasteiger partial charge in [-0.25, -0.2) is 0 Å². The highest BCUT2D eigenvalue weighted by atomic mass is 16.5. The molecule has 0 amide bonds. The van der Waals surface area contributed by atoms with E-state index in [4.69, 9.17) is 10.5 Å². The second-order valence-electron chi connectivity index (χ2n) is 4.62. The number of aryl methyl sites for hydroxylation is 2. The number of nitrogens with two attached hydrogens (primary N) is 1. The van der Waals surface area contributed by atoms with Gasteiger partial charge in [-0.05, 0) is 45.5 Å². The maximum Gasteiger partial charge on any atom is 0.127 e. The molecule has 0 aromatic heterocycles. The first kappa shape index (κ1) is 15.0. The first-order valence-corrected chi connectivity index (χ1v) is 6.25. The summed E-state index contributed by atoms with van der Waals surface area (Å²) in [7, 11) is 3.46. The Labute approximate surface area is 109 Å². The lowest BCUT2D eigenvalue weighted by Crippen LogP contribution is -2.34. The molecule has 0 saturated heterocycles. The predicted molar refractivity (Wildman–Crippen MR) is 73.9 cm³/mol. The van der Waals surface area contributed by atoms with Crippen molar-refractivity contribution in [3.63, 3.8) is 0 Å². The van der Waals surface area contributed by atoms with Gasteiger partial charge in [0.2, 0.25) is 0 Å². The van der Waals surface area contributed by atoms with Crippen LogP contribution in [0.5, 0.6) is 5.75 Å². The highest BCUT2D eigenvalue weighted by Crippen LogP contribution is 2.32. The van der Waals surface area contributed by atoms with Gasteiger partial charge in [0, 0.05) is 11.6 Å². The van der Waals surface area contributed by atoms with Gasteiger partial charge in [0.05, 0.1) is 13.2 Å². The van der Waals surface area contributed by atoms with Crippen LogP contribution in [-0.4, -0.2) is 31.9 Å². The van der Waals surface area contributed by atoms with E-state index in [2.05, 4.69) is 5.32 Å². The van der Waals surface area contributed by atoms with Crippen molar-refractivity contribution in [2.75, 3.05) is 20.7 Å². The highest BCUT2D eigenvalue weighted by molar-refractivity contribution is 5.45. The normalized spacial score (nSPS) is 14.3. The van der Waals surface area contributed by atoms with Gasteiger partial charge < -0.3 is 20.9 Å². The number of aliphatic hydroxyl groups excluding tert-OH is 1. The van der Waals surface area contributed by atoms with Crippen molar-refractivity contribution in [2.24, 2.45) is 5.73 Å². The lowest BCUT2D eigenvalue weighted by atomic mass is 9.95. The van der Waals surface area contributed by atoms with E-state index in [0.29, 0.717) is 13.0 Å². The van der Waals surface area contributed by atoms with E-state index in [1.54, 1.807) is 7.11 Å². The Morgan fingerprint density at radius 1 is 1.39 bits per heavy atom. The molecule has 4 heteroatoms. The van der Waals surface area contributed by atoms with Crippen LogP contribution in [0.3, 0.4) is 0 Å². The summed E-state index contributed by atoms with van der Waals surface area (Å²) in [5, 5.41) is 13.6. The van der Waals surface area contributed by atoms with Crippen LogP contribution in [0.2, 0.25) is 0 Å². The molecule has 2 unspecified atom stereocenters. The zero-order valence-corrected chi connectivity index (χ0v) is 11.7. The van der Waals surface area contributed by atoms with Gasteiger partial charge >= 0.3 is 0 Å². The van der Waals surface area contributed by atoms with Crippen molar-refractivity contribution in [1.82, 2.24) is 5.32 Å². The van der Waals surface area contributed by atoms with Crippen LogP contribution in [0.1, 0.15) is 29.2 Å². The van der Waals surface area contributed by atoms with Crippen LogP contribution in [0, 0.1) is 13.8 Å². The Bertz CT molecular complexity index is 394. The van der Waals surface area contributed by atoms with Crippen LogP contribution < -0.4 is 15.8 Å². The maximum absolute atomic E-state index is 10.5. The van der Waals surface area contributed by atoms with Crippen LogP contribution in [0.4, 0.5) is 0 Å². The van der Waals surface area contributed by atoms with Crippen LogP contribution >= 0.6 is 0 Å².